The number of para-hydroxylation sites is 1. The van der Waals surface area contributed by atoms with Crippen molar-refractivity contribution < 1.29 is 14.7 Å². The Morgan fingerprint density at radius 3 is 2.05 bits per heavy atom. The molecule has 3 aromatic carbocycles. The van der Waals surface area contributed by atoms with Gasteiger partial charge in [0.2, 0.25) is 5.91 Å². The summed E-state index contributed by atoms with van der Waals surface area (Å²) in [6, 6.07) is 29.2. The second kappa shape index (κ2) is 15.7. The van der Waals surface area contributed by atoms with Crippen LogP contribution in [0.25, 0.3) is 10.9 Å². The molecule has 0 aliphatic rings. The van der Waals surface area contributed by atoms with Crippen LogP contribution >= 0.6 is 0 Å². The lowest BCUT2D eigenvalue weighted by atomic mass is 10.0. The van der Waals surface area contributed by atoms with Crippen LogP contribution in [-0.4, -0.2) is 27.6 Å². The van der Waals surface area contributed by atoms with E-state index in [4.69, 9.17) is 0 Å². The molecule has 1 heterocycles. The van der Waals surface area contributed by atoms with Crippen molar-refractivity contribution in [2.24, 2.45) is 0 Å². The van der Waals surface area contributed by atoms with Gasteiger partial charge in [-0.3, -0.25) is 9.59 Å². The highest BCUT2D eigenvalue weighted by molar-refractivity contribution is 5.84. The summed E-state index contributed by atoms with van der Waals surface area (Å²) < 4.78 is 2.30. The number of nitrogens with one attached hydrogen (secondary N) is 1. The van der Waals surface area contributed by atoms with E-state index in [1.165, 1.54) is 22.0 Å². The summed E-state index contributed by atoms with van der Waals surface area (Å²) >= 11 is 0. The van der Waals surface area contributed by atoms with Crippen LogP contribution in [0.15, 0.2) is 91.1 Å². The number of unbranched alkanes of at least 4 members (excludes halogenated alkanes) is 3. The molecule has 1 aromatic heterocycles. The summed E-state index contributed by atoms with van der Waals surface area (Å²) in [5.41, 5.74) is 5.04. The average Bonchev–Trinajstić information content (AvgIpc) is 3.31. The third-order valence-corrected chi connectivity index (χ3v) is 7.58. The molecule has 0 aliphatic heterocycles. The number of hydrogen-bond donors (Lipinski definition) is 2. The van der Waals surface area contributed by atoms with Crippen LogP contribution in [0.1, 0.15) is 68.1 Å². The number of hydrogen-bond acceptors (Lipinski definition) is 2. The second-order valence-corrected chi connectivity index (χ2v) is 10.8. The van der Waals surface area contributed by atoms with Crippen LogP contribution in [0, 0.1) is 0 Å². The van der Waals surface area contributed by atoms with E-state index in [-0.39, 0.29) is 18.4 Å². The number of amides is 1. The Labute approximate surface area is 238 Å². The van der Waals surface area contributed by atoms with Crippen LogP contribution in [0.4, 0.5) is 0 Å². The fraction of sp³-hybridized carbons (Fsp3) is 0.371. The molecule has 0 radical (unpaired) electrons. The van der Waals surface area contributed by atoms with Gasteiger partial charge in [0, 0.05) is 42.5 Å². The number of carbonyl (C=O) groups excluding carboxylic acids is 1. The highest BCUT2D eigenvalue weighted by Gasteiger charge is 2.18. The number of carboxylic acid groups (broad SMARTS) is 1. The zero-order valence-corrected chi connectivity index (χ0v) is 23.4. The van der Waals surface area contributed by atoms with Crippen LogP contribution in [0.3, 0.4) is 0 Å². The molecule has 5 nitrogen and oxygen atoms in total. The molecule has 4 rings (SSSR count). The van der Waals surface area contributed by atoms with Crippen molar-refractivity contribution in [3.05, 3.63) is 108 Å². The number of benzene rings is 3. The lowest BCUT2D eigenvalue weighted by Crippen LogP contribution is -2.36. The molecule has 0 saturated heterocycles. The molecule has 5 heteroatoms. The minimum Gasteiger partial charge on any atom is -0.481 e. The Morgan fingerprint density at radius 1 is 0.725 bits per heavy atom. The number of aryl methyl sites for hydroxylation is 3. The number of rotatable bonds is 17. The quantitative estimate of drug-likeness (QED) is 0.138. The molecule has 40 heavy (non-hydrogen) atoms. The standard InChI is InChI=1S/C35H42N2O3/c38-34(22-10-2-1-5-14-28-15-6-3-7-16-28)36-31(23-24-35(39)40)26-30-27-37(33-21-12-11-20-32(30)33)25-13-19-29-17-8-4-9-18-29/h3-4,6-9,11-12,15-18,20-21,27,31H,1-2,5,10,13-14,19,22-26H2,(H,36,38)(H,39,40). The van der Waals surface area contributed by atoms with E-state index in [1.807, 2.05) is 18.2 Å². The van der Waals surface area contributed by atoms with E-state index in [0.717, 1.165) is 57.1 Å². The normalized spacial score (nSPS) is 11.9. The fourth-order valence-corrected chi connectivity index (χ4v) is 5.47. The van der Waals surface area contributed by atoms with Gasteiger partial charge in [-0.05, 0) is 67.7 Å². The summed E-state index contributed by atoms with van der Waals surface area (Å²) in [4.78, 5) is 24.2. The molecule has 0 spiro atoms. The van der Waals surface area contributed by atoms with Gasteiger partial charge in [0.25, 0.3) is 0 Å². The maximum atomic E-state index is 12.8. The second-order valence-electron chi connectivity index (χ2n) is 10.8. The number of fused-ring (bicyclic) bond motifs is 1. The fourth-order valence-electron chi connectivity index (χ4n) is 5.47. The third-order valence-electron chi connectivity index (χ3n) is 7.58. The van der Waals surface area contributed by atoms with E-state index in [1.54, 1.807) is 0 Å². The first-order valence-corrected chi connectivity index (χ1v) is 14.7. The van der Waals surface area contributed by atoms with E-state index in [0.29, 0.717) is 19.3 Å². The topological polar surface area (TPSA) is 71.3 Å². The van der Waals surface area contributed by atoms with E-state index < -0.39 is 5.97 Å². The SMILES string of the molecule is O=C(O)CCC(Cc1cn(CCCc2ccccc2)c2ccccc12)NC(=O)CCCCCCc1ccccc1. The molecule has 210 valence electrons. The van der Waals surface area contributed by atoms with Crippen molar-refractivity contribution in [3.63, 3.8) is 0 Å². The lowest BCUT2D eigenvalue weighted by molar-refractivity contribution is -0.137. The maximum absolute atomic E-state index is 12.8. The zero-order chi connectivity index (χ0) is 28.0. The molecule has 4 aromatic rings. The number of carbonyl (C=O) groups is 2. The van der Waals surface area contributed by atoms with Crippen molar-refractivity contribution in [1.29, 1.82) is 0 Å². The highest BCUT2D eigenvalue weighted by Crippen LogP contribution is 2.24. The molecule has 1 unspecified atom stereocenters. The number of aromatic nitrogens is 1. The highest BCUT2D eigenvalue weighted by atomic mass is 16.4. The van der Waals surface area contributed by atoms with Gasteiger partial charge in [-0.1, -0.05) is 91.7 Å². The summed E-state index contributed by atoms with van der Waals surface area (Å²) in [7, 11) is 0. The number of nitrogens with zero attached hydrogens (tertiary/aromatic N) is 1. The minimum absolute atomic E-state index is 0.0186. The first-order chi connectivity index (χ1) is 19.6. The Hall–Kier alpha value is -3.86. The van der Waals surface area contributed by atoms with Gasteiger partial charge in [0.15, 0.2) is 0 Å². The smallest absolute Gasteiger partial charge is 0.303 e. The zero-order valence-electron chi connectivity index (χ0n) is 23.4. The molecule has 1 amide bonds. The maximum Gasteiger partial charge on any atom is 0.303 e. The van der Waals surface area contributed by atoms with Gasteiger partial charge in [0.05, 0.1) is 0 Å². The lowest BCUT2D eigenvalue weighted by Gasteiger charge is -2.18. The minimum atomic E-state index is -0.832. The molecule has 1 atom stereocenters. The predicted molar refractivity (Wildman–Crippen MR) is 162 cm³/mol. The van der Waals surface area contributed by atoms with Crippen molar-refractivity contribution in [1.82, 2.24) is 9.88 Å². The van der Waals surface area contributed by atoms with Crippen molar-refractivity contribution in [3.8, 4) is 0 Å². The predicted octanol–water partition coefficient (Wildman–Crippen LogP) is 7.36. The van der Waals surface area contributed by atoms with Crippen LogP contribution < -0.4 is 5.32 Å². The summed E-state index contributed by atoms with van der Waals surface area (Å²) in [5, 5.41) is 13.7. The van der Waals surface area contributed by atoms with E-state index in [9.17, 15) is 14.7 Å². The van der Waals surface area contributed by atoms with Gasteiger partial charge in [-0.25, -0.2) is 0 Å². The van der Waals surface area contributed by atoms with Crippen molar-refractivity contribution in [2.75, 3.05) is 0 Å². The third kappa shape index (κ3) is 9.41. The Bertz CT molecular complexity index is 1330. The molecule has 0 bridgehead atoms. The molecule has 2 N–H and O–H groups in total. The van der Waals surface area contributed by atoms with Crippen molar-refractivity contribution in [2.45, 2.75) is 83.2 Å². The summed E-state index contributed by atoms with van der Waals surface area (Å²) in [6.45, 7) is 0.909. The average molecular weight is 539 g/mol. The Balaban J connectivity index is 1.30. The van der Waals surface area contributed by atoms with Gasteiger partial charge >= 0.3 is 5.97 Å². The van der Waals surface area contributed by atoms with Gasteiger partial charge in [0.1, 0.15) is 0 Å². The first-order valence-electron chi connectivity index (χ1n) is 14.7. The summed E-state index contributed by atoms with van der Waals surface area (Å²) in [6.07, 6.45) is 11.0. The van der Waals surface area contributed by atoms with E-state index in [2.05, 4.69) is 82.8 Å². The Morgan fingerprint density at radius 2 is 1.35 bits per heavy atom. The molecule has 0 aliphatic carbocycles. The molecule has 0 saturated carbocycles. The number of carboxylic acids is 1. The first kappa shape index (κ1) is 29.1. The van der Waals surface area contributed by atoms with Gasteiger partial charge in [-0.2, -0.15) is 0 Å². The van der Waals surface area contributed by atoms with Gasteiger partial charge in [-0.15, -0.1) is 0 Å². The van der Waals surface area contributed by atoms with Crippen LogP contribution in [0.2, 0.25) is 0 Å². The van der Waals surface area contributed by atoms with Crippen LogP contribution in [0.5, 0.6) is 0 Å². The summed E-state index contributed by atoms with van der Waals surface area (Å²) in [5.74, 6) is -0.814. The Kier molecular flexibility index (Phi) is 11.4. The molecular formula is C35H42N2O3. The van der Waals surface area contributed by atoms with E-state index >= 15 is 0 Å². The molecule has 0 fully saturated rings. The van der Waals surface area contributed by atoms with Crippen molar-refractivity contribution >= 4 is 22.8 Å². The largest absolute Gasteiger partial charge is 0.481 e. The van der Waals surface area contributed by atoms with Gasteiger partial charge < -0.3 is 15.0 Å². The monoisotopic (exact) mass is 538 g/mol. The number of aliphatic carboxylic acids is 1. The van der Waals surface area contributed by atoms with Crippen LogP contribution in [-0.2, 0) is 35.4 Å². The molecular weight excluding hydrogens is 496 g/mol.